The maximum Gasteiger partial charge on any atom is 0.0678 e. The van der Waals surface area contributed by atoms with Crippen molar-refractivity contribution in [3.63, 3.8) is 0 Å². The van der Waals surface area contributed by atoms with Crippen molar-refractivity contribution in [2.24, 2.45) is 11.7 Å². The predicted octanol–water partition coefficient (Wildman–Crippen LogP) is 2.39. The van der Waals surface area contributed by atoms with Gasteiger partial charge in [-0.1, -0.05) is 26.2 Å². The highest BCUT2D eigenvalue weighted by molar-refractivity contribution is 5.01. The fraction of sp³-hybridized carbons (Fsp3) is 1.00. The molecule has 3 nitrogen and oxygen atoms in total. The van der Waals surface area contributed by atoms with Gasteiger partial charge in [0.25, 0.3) is 0 Å². The van der Waals surface area contributed by atoms with E-state index < -0.39 is 0 Å². The molecule has 1 saturated carbocycles. The second-order valence-electron chi connectivity index (χ2n) is 6.32. The van der Waals surface area contributed by atoms with E-state index >= 15 is 0 Å². The highest BCUT2D eigenvalue weighted by Crippen LogP contribution is 2.40. The summed E-state index contributed by atoms with van der Waals surface area (Å²) in [5, 5.41) is 0. The summed E-state index contributed by atoms with van der Waals surface area (Å²) >= 11 is 0. The van der Waals surface area contributed by atoms with E-state index in [1.165, 1.54) is 32.1 Å². The Kier molecular flexibility index (Phi) is 4.68. The average Bonchev–Trinajstić information content (AvgIpc) is 2.37. The molecular formula is C15H30N2O. The van der Waals surface area contributed by atoms with Crippen molar-refractivity contribution in [3.05, 3.63) is 0 Å². The van der Waals surface area contributed by atoms with Gasteiger partial charge in [-0.25, -0.2) is 0 Å². The largest absolute Gasteiger partial charge is 0.373 e. The first-order valence-corrected chi connectivity index (χ1v) is 7.73. The van der Waals surface area contributed by atoms with Gasteiger partial charge < -0.3 is 10.5 Å². The van der Waals surface area contributed by atoms with Crippen LogP contribution >= 0.6 is 0 Å². The molecule has 2 N–H and O–H groups in total. The number of hydrogen-bond acceptors (Lipinski definition) is 3. The molecule has 2 rings (SSSR count). The van der Waals surface area contributed by atoms with Gasteiger partial charge in [0.05, 0.1) is 12.2 Å². The maximum absolute atomic E-state index is 6.24. The number of ether oxygens (including phenoxy) is 1. The summed E-state index contributed by atoms with van der Waals surface area (Å²) in [6.07, 6.45) is 7.31. The molecule has 0 radical (unpaired) electrons. The lowest BCUT2D eigenvalue weighted by atomic mass is 9.70. The van der Waals surface area contributed by atoms with Gasteiger partial charge >= 0.3 is 0 Å². The lowest BCUT2D eigenvalue weighted by Gasteiger charge is -2.54. The summed E-state index contributed by atoms with van der Waals surface area (Å²) in [6.45, 7) is 9.63. The molecule has 3 heteroatoms. The van der Waals surface area contributed by atoms with Crippen LogP contribution in [0, 0.1) is 5.92 Å². The zero-order valence-electron chi connectivity index (χ0n) is 12.3. The lowest BCUT2D eigenvalue weighted by molar-refractivity contribution is -0.121. The summed E-state index contributed by atoms with van der Waals surface area (Å²) in [5.74, 6) is 0.772. The molecule has 0 spiro atoms. The standard InChI is InChI=1S/C15H30N2O/c1-4-14-7-5-6-8-15(14,11-16)17-9-12(2)18-13(3)10-17/h12-14H,4-11,16H2,1-3H3. The molecule has 1 saturated heterocycles. The number of nitrogens with two attached hydrogens (primary N) is 1. The molecule has 106 valence electrons. The third kappa shape index (κ3) is 2.59. The minimum atomic E-state index is 0.249. The summed E-state index contributed by atoms with van der Waals surface area (Å²) in [5.41, 5.74) is 6.49. The minimum absolute atomic E-state index is 0.249. The van der Waals surface area contributed by atoms with E-state index in [0.717, 1.165) is 25.6 Å². The van der Waals surface area contributed by atoms with Gasteiger partial charge in [-0.15, -0.1) is 0 Å². The Bertz CT molecular complexity index is 261. The highest BCUT2D eigenvalue weighted by Gasteiger charge is 2.45. The summed E-state index contributed by atoms with van der Waals surface area (Å²) in [7, 11) is 0. The first kappa shape index (κ1) is 14.3. The first-order valence-electron chi connectivity index (χ1n) is 7.73. The van der Waals surface area contributed by atoms with Crippen LogP contribution in [0.3, 0.4) is 0 Å². The average molecular weight is 254 g/mol. The summed E-state index contributed by atoms with van der Waals surface area (Å²) < 4.78 is 5.88. The van der Waals surface area contributed by atoms with Crippen molar-refractivity contribution in [2.45, 2.75) is 70.6 Å². The number of nitrogens with zero attached hydrogens (tertiary/aromatic N) is 1. The van der Waals surface area contributed by atoms with Crippen LogP contribution in [0.4, 0.5) is 0 Å². The Morgan fingerprint density at radius 3 is 2.44 bits per heavy atom. The monoisotopic (exact) mass is 254 g/mol. The molecule has 0 aromatic heterocycles. The third-order valence-electron chi connectivity index (χ3n) is 5.07. The lowest BCUT2D eigenvalue weighted by Crippen LogP contribution is -2.64. The Hall–Kier alpha value is -0.120. The van der Waals surface area contributed by atoms with Crippen LogP contribution in [0.25, 0.3) is 0 Å². The first-order chi connectivity index (χ1) is 8.62. The fourth-order valence-corrected chi connectivity index (χ4v) is 4.23. The van der Waals surface area contributed by atoms with Crippen LogP contribution in [-0.4, -0.2) is 42.3 Å². The second kappa shape index (κ2) is 5.89. The zero-order valence-corrected chi connectivity index (χ0v) is 12.3. The zero-order chi connectivity index (χ0) is 13.2. The van der Waals surface area contributed by atoms with E-state index in [4.69, 9.17) is 10.5 Å². The van der Waals surface area contributed by atoms with Gasteiger partial charge in [-0.2, -0.15) is 0 Å². The maximum atomic E-state index is 6.24. The van der Waals surface area contributed by atoms with Crippen molar-refractivity contribution in [1.82, 2.24) is 4.90 Å². The third-order valence-corrected chi connectivity index (χ3v) is 5.07. The molecule has 2 fully saturated rings. The molecule has 0 bridgehead atoms. The molecule has 1 aliphatic carbocycles. The van der Waals surface area contributed by atoms with Gasteiger partial charge in [0.15, 0.2) is 0 Å². The van der Waals surface area contributed by atoms with Gasteiger partial charge in [-0.3, -0.25) is 4.90 Å². The van der Waals surface area contributed by atoms with Crippen molar-refractivity contribution in [3.8, 4) is 0 Å². The molecule has 0 amide bonds. The topological polar surface area (TPSA) is 38.5 Å². The molecule has 4 unspecified atom stereocenters. The van der Waals surface area contributed by atoms with Gasteiger partial charge in [0, 0.05) is 25.2 Å². The van der Waals surface area contributed by atoms with Crippen LogP contribution in [0.5, 0.6) is 0 Å². The van der Waals surface area contributed by atoms with E-state index in [0.29, 0.717) is 12.2 Å². The van der Waals surface area contributed by atoms with E-state index in [9.17, 15) is 0 Å². The predicted molar refractivity (Wildman–Crippen MR) is 75.6 cm³/mol. The fourth-order valence-electron chi connectivity index (χ4n) is 4.23. The van der Waals surface area contributed by atoms with Crippen LogP contribution in [0.15, 0.2) is 0 Å². The van der Waals surface area contributed by atoms with E-state index in [1.807, 2.05) is 0 Å². The molecule has 18 heavy (non-hydrogen) atoms. The number of morpholine rings is 1. The van der Waals surface area contributed by atoms with E-state index in [2.05, 4.69) is 25.7 Å². The van der Waals surface area contributed by atoms with Crippen molar-refractivity contribution in [1.29, 1.82) is 0 Å². The van der Waals surface area contributed by atoms with Crippen LogP contribution in [0.2, 0.25) is 0 Å². The van der Waals surface area contributed by atoms with Crippen molar-refractivity contribution < 1.29 is 4.74 Å². The van der Waals surface area contributed by atoms with E-state index in [1.54, 1.807) is 0 Å². The molecule has 1 heterocycles. The quantitative estimate of drug-likeness (QED) is 0.840. The van der Waals surface area contributed by atoms with Crippen LogP contribution in [0.1, 0.15) is 52.9 Å². The van der Waals surface area contributed by atoms with Gasteiger partial charge in [-0.05, 0) is 32.6 Å². The van der Waals surface area contributed by atoms with Crippen LogP contribution < -0.4 is 5.73 Å². The summed E-state index contributed by atoms with van der Waals surface area (Å²) in [4.78, 5) is 2.67. The number of hydrogen-bond donors (Lipinski definition) is 1. The molecule has 4 atom stereocenters. The minimum Gasteiger partial charge on any atom is -0.373 e. The van der Waals surface area contributed by atoms with E-state index in [-0.39, 0.29) is 5.54 Å². The molecule has 0 aromatic carbocycles. The smallest absolute Gasteiger partial charge is 0.0678 e. The van der Waals surface area contributed by atoms with Crippen molar-refractivity contribution >= 4 is 0 Å². The normalized spacial score (nSPS) is 43.0. The Morgan fingerprint density at radius 1 is 1.22 bits per heavy atom. The van der Waals surface area contributed by atoms with Crippen LogP contribution in [-0.2, 0) is 4.74 Å². The SMILES string of the molecule is CCC1CCCCC1(CN)N1CC(C)OC(C)C1. The molecule has 0 aromatic rings. The highest BCUT2D eigenvalue weighted by atomic mass is 16.5. The Morgan fingerprint density at radius 2 is 1.89 bits per heavy atom. The molecule has 1 aliphatic heterocycles. The summed E-state index contributed by atoms with van der Waals surface area (Å²) in [6, 6.07) is 0. The van der Waals surface area contributed by atoms with Gasteiger partial charge in [0.2, 0.25) is 0 Å². The van der Waals surface area contributed by atoms with Crippen molar-refractivity contribution in [2.75, 3.05) is 19.6 Å². The molecule has 2 aliphatic rings. The number of rotatable bonds is 3. The molecular weight excluding hydrogens is 224 g/mol. The Labute approximate surface area is 112 Å². The van der Waals surface area contributed by atoms with Gasteiger partial charge in [0.1, 0.15) is 0 Å². The second-order valence-corrected chi connectivity index (χ2v) is 6.32. The Balaban J connectivity index is 2.18.